The molecule has 0 aliphatic carbocycles. The van der Waals surface area contributed by atoms with Crippen molar-refractivity contribution in [2.24, 2.45) is 5.92 Å². The van der Waals surface area contributed by atoms with Crippen LogP contribution in [0.1, 0.15) is 36.0 Å². The Kier molecular flexibility index (Phi) is 8.46. The van der Waals surface area contributed by atoms with Crippen LogP contribution in [0.2, 0.25) is 10.0 Å². The summed E-state index contributed by atoms with van der Waals surface area (Å²) in [5.74, 6) is 0.591. The van der Waals surface area contributed by atoms with Crippen LogP contribution in [0.3, 0.4) is 0 Å². The number of rotatable bonds is 7. The van der Waals surface area contributed by atoms with E-state index >= 15 is 0 Å². The average molecular weight is 456 g/mol. The van der Waals surface area contributed by atoms with Crippen molar-refractivity contribution in [3.63, 3.8) is 0 Å². The molecule has 9 heteroatoms. The molecule has 7 nitrogen and oxygen atoms in total. The maximum atomic E-state index is 12.9. The van der Waals surface area contributed by atoms with Crippen LogP contribution < -0.4 is 14.8 Å². The maximum Gasteiger partial charge on any atom is 0.255 e. The van der Waals surface area contributed by atoms with Crippen molar-refractivity contribution >= 4 is 29.1 Å². The predicted molar refractivity (Wildman–Crippen MR) is 115 cm³/mol. The van der Waals surface area contributed by atoms with E-state index in [1.807, 2.05) is 0 Å². The number of piperidine rings is 1. The third kappa shape index (κ3) is 5.50. The molecular formula is C21H27Cl2N3O4. The minimum atomic E-state index is -0.276. The number of nitriles is 1. The molecule has 1 amide bonds. The first-order chi connectivity index (χ1) is 14.5. The van der Waals surface area contributed by atoms with Crippen molar-refractivity contribution in [2.45, 2.75) is 31.8 Å². The summed E-state index contributed by atoms with van der Waals surface area (Å²) in [6.07, 6.45) is 3.05. The summed E-state index contributed by atoms with van der Waals surface area (Å²) in [5, 5.41) is 12.2. The van der Waals surface area contributed by atoms with Crippen LogP contribution in [0.25, 0.3) is 0 Å². The third-order valence-electron chi connectivity index (χ3n) is 5.53. The summed E-state index contributed by atoms with van der Waals surface area (Å²) < 4.78 is 17.1. The number of nitrogens with zero attached hydrogens (tertiary/aromatic N) is 2. The number of nitrogens with one attached hydrogen (secondary N) is 1. The van der Waals surface area contributed by atoms with Gasteiger partial charge in [-0.15, -0.1) is 0 Å². The summed E-state index contributed by atoms with van der Waals surface area (Å²) in [6, 6.07) is 3.71. The predicted octanol–water partition coefficient (Wildman–Crippen LogP) is 3.53. The molecule has 1 N–H and O–H groups in total. The van der Waals surface area contributed by atoms with Gasteiger partial charge in [0.15, 0.2) is 11.5 Å². The number of unbranched alkanes of at least 4 members (excludes halogenated alkanes) is 1. The summed E-state index contributed by atoms with van der Waals surface area (Å²) in [5.41, 5.74) is 0.323. The normalized spacial score (nSPS) is 21.5. The number of benzene rings is 1. The van der Waals surface area contributed by atoms with Crippen molar-refractivity contribution in [1.82, 2.24) is 10.2 Å². The van der Waals surface area contributed by atoms with E-state index in [1.54, 1.807) is 7.11 Å². The van der Waals surface area contributed by atoms with Crippen LogP contribution in [0.15, 0.2) is 6.07 Å². The highest BCUT2D eigenvalue weighted by Gasteiger charge is 2.30. The monoisotopic (exact) mass is 455 g/mol. The molecule has 30 heavy (non-hydrogen) atoms. The Morgan fingerprint density at radius 3 is 2.87 bits per heavy atom. The Balaban J connectivity index is 1.63. The number of carbonyl (C=O) groups is 1. The minimum absolute atomic E-state index is 0.0200. The van der Waals surface area contributed by atoms with E-state index in [1.165, 1.54) is 6.07 Å². The fourth-order valence-electron chi connectivity index (χ4n) is 3.87. The molecule has 3 rings (SSSR count). The summed E-state index contributed by atoms with van der Waals surface area (Å²) in [4.78, 5) is 15.3. The number of carbonyl (C=O) groups excluding carboxylic acids is 1. The van der Waals surface area contributed by atoms with Crippen LogP contribution in [0.5, 0.6) is 11.5 Å². The highest BCUT2D eigenvalue weighted by molar-refractivity contribution is 6.43. The maximum absolute atomic E-state index is 12.9. The minimum Gasteiger partial charge on any atom is -0.489 e. The SMILES string of the molecule is COC1CN(CCCC#N)CC[C@H]1CNC(=O)c1cc(Cl)c(Cl)c2c1OCCCO2. The first-order valence-corrected chi connectivity index (χ1v) is 11.0. The lowest BCUT2D eigenvalue weighted by molar-refractivity contribution is -0.0105. The van der Waals surface area contributed by atoms with Crippen molar-refractivity contribution < 1.29 is 19.0 Å². The Hall–Kier alpha value is -1.72. The molecule has 2 aliphatic rings. The lowest BCUT2D eigenvalue weighted by Gasteiger charge is -2.37. The molecule has 2 aliphatic heterocycles. The Bertz CT molecular complexity index is 799. The number of likely N-dealkylation sites (tertiary alicyclic amines) is 1. The second kappa shape index (κ2) is 11.1. The van der Waals surface area contributed by atoms with Gasteiger partial charge in [0.25, 0.3) is 5.91 Å². The molecule has 164 valence electrons. The summed E-state index contributed by atoms with van der Waals surface area (Å²) in [6.45, 7) is 3.99. The lowest BCUT2D eigenvalue weighted by Crippen LogP contribution is -2.48. The summed E-state index contributed by atoms with van der Waals surface area (Å²) in [7, 11) is 1.70. The molecule has 0 spiro atoms. The molecule has 0 saturated carbocycles. The molecular weight excluding hydrogens is 429 g/mol. The van der Waals surface area contributed by atoms with Crippen LogP contribution in [-0.2, 0) is 4.74 Å². The number of amides is 1. The Morgan fingerprint density at radius 2 is 2.13 bits per heavy atom. The molecule has 1 saturated heterocycles. The van der Waals surface area contributed by atoms with E-state index in [4.69, 9.17) is 42.7 Å². The van der Waals surface area contributed by atoms with Crippen LogP contribution >= 0.6 is 23.2 Å². The van der Waals surface area contributed by atoms with E-state index in [0.29, 0.717) is 49.7 Å². The van der Waals surface area contributed by atoms with Crippen molar-refractivity contribution in [3.8, 4) is 17.6 Å². The van der Waals surface area contributed by atoms with E-state index in [0.717, 1.165) is 32.5 Å². The molecule has 1 aromatic rings. The molecule has 2 heterocycles. The van der Waals surface area contributed by atoms with Crippen LogP contribution in [-0.4, -0.2) is 63.4 Å². The second-order valence-electron chi connectivity index (χ2n) is 7.52. The van der Waals surface area contributed by atoms with Crippen LogP contribution in [0, 0.1) is 17.2 Å². The van der Waals surface area contributed by atoms with Crippen molar-refractivity contribution in [1.29, 1.82) is 5.26 Å². The van der Waals surface area contributed by atoms with Crippen molar-refractivity contribution in [3.05, 3.63) is 21.7 Å². The smallest absolute Gasteiger partial charge is 0.255 e. The largest absolute Gasteiger partial charge is 0.489 e. The van der Waals surface area contributed by atoms with Gasteiger partial charge in [0.1, 0.15) is 5.02 Å². The van der Waals surface area contributed by atoms with Gasteiger partial charge in [-0.3, -0.25) is 4.79 Å². The molecule has 1 unspecified atom stereocenters. The quantitative estimate of drug-likeness (QED) is 0.633. The fourth-order valence-corrected chi connectivity index (χ4v) is 4.26. The molecule has 1 fully saturated rings. The highest BCUT2D eigenvalue weighted by Crippen LogP contribution is 2.44. The standard InChI is InChI=1S/C21H27Cl2N3O4/c1-28-17-13-26(7-3-2-6-24)8-5-14(17)12-25-21(27)15-11-16(22)18(23)20-19(15)29-9-4-10-30-20/h11,14,17H,2-5,7-10,12-13H2,1H3,(H,25,27)/t14-,17?/m0/s1. The molecule has 0 bridgehead atoms. The van der Waals surface area contributed by atoms with Gasteiger partial charge in [-0.25, -0.2) is 0 Å². The molecule has 0 radical (unpaired) electrons. The highest BCUT2D eigenvalue weighted by atomic mass is 35.5. The number of hydrogen-bond donors (Lipinski definition) is 1. The first-order valence-electron chi connectivity index (χ1n) is 10.2. The zero-order chi connectivity index (χ0) is 21.5. The van der Waals surface area contributed by atoms with Crippen molar-refractivity contribution in [2.75, 3.05) is 46.5 Å². The molecule has 2 atom stereocenters. The van der Waals surface area contributed by atoms with Gasteiger partial charge in [0, 0.05) is 39.0 Å². The molecule has 1 aromatic carbocycles. The second-order valence-corrected chi connectivity index (χ2v) is 8.31. The zero-order valence-electron chi connectivity index (χ0n) is 17.1. The zero-order valence-corrected chi connectivity index (χ0v) is 18.6. The van der Waals surface area contributed by atoms with Gasteiger partial charge >= 0.3 is 0 Å². The number of ether oxygens (including phenoxy) is 3. The van der Waals surface area contributed by atoms with E-state index in [9.17, 15) is 4.79 Å². The number of methoxy groups -OCH3 is 1. The van der Waals surface area contributed by atoms with Gasteiger partial charge in [0.05, 0.1) is 36.0 Å². The number of halogens is 2. The van der Waals surface area contributed by atoms with E-state index < -0.39 is 0 Å². The Labute approximate surface area is 187 Å². The average Bonchev–Trinajstić information content (AvgIpc) is 3.01. The topological polar surface area (TPSA) is 83.8 Å². The number of hydrogen-bond acceptors (Lipinski definition) is 6. The summed E-state index contributed by atoms with van der Waals surface area (Å²) >= 11 is 12.5. The molecule has 0 aromatic heterocycles. The van der Waals surface area contributed by atoms with E-state index in [2.05, 4.69) is 16.3 Å². The Morgan fingerprint density at radius 1 is 1.37 bits per heavy atom. The van der Waals surface area contributed by atoms with Gasteiger partial charge in [-0.05, 0) is 32.0 Å². The van der Waals surface area contributed by atoms with Crippen LogP contribution in [0.4, 0.5) is 0 Å². The van der Waals surface area contributed by atoms with E-state index in [-0.39, 0.29) is 28.0 Å². The number of fused-ring (bicyclic) bond motifs is 1. The van der Waals surface area contributed by atoms with Gasteiger partial charge in [-0.2, -0.15) is 5.26 Å². The fraction of sp³-hybridized carbons (Fsp3) is 0.619. The van der Waals surface area contributed by atoms with Gasteiger partial charge < -0.3 is 24.4 Å². The first kappa shape index (κ1) is 23.0. The lowest BCUT2D eigenvalue weighted by atomic mass is 9.93. The van der Waals surface area contributed by atoms with Gasteiger partial charge in [0.2, 0.25) is 0 Å². The van der Waals surface area contributed by atoms with Gasteiger partial charge in [-0.1, -0.05) is 23.2 Å². The third-order valence-corrected chi connectivity index (χ3v) is 6.30.